The van der Waals surface area contributed by atoms with Crippen LogP contribution >= 0.6 is 11.6 Å². The van der Waals surface area contributed by atoms with E-state index in [0.29, 0.717) is 11.9 Å². The van der Waals surface area contributed by atoms with E-state index in [0.717, 1.165) is 22.7 Å². The molecule has 5 heteroatoms. The average molecular weight is 289 g/mol. The maximum atomic E-state index is 6.08. The number of fused-ring (bicyclic) bond motifs is 1. The summed E-state index contributed by atoms with van der Waals surface area (Å²) >= 11 is 6.08. The van der Waals surface area contributed by atoms with Crippen molar-refractivity contribution in [2.45, 2.75) is 6.61 Å². The Kier molecular flexibility index (Phi) is 3.48. The molecule has 0 atom stereocenters. The second-order valence-electron chi connectivity index (χ2n) is 4.25. The predicted octanol–water partition coefficient (Wildman–Crippen LogP) is 3.58. The number of nitrogens with zero attached hydrogens (tertiary/aromatic N) is 2. The molecule has 20 heavy (non-hydrogen) atoms. The van der Waals surface area contributed by atoms with Crippen molar-refractivity contribution in [2.75, 3.05) is 7.11 Å². The Labute approximate surface area is 121 Å². The molecule has 0 aliphatic heterocycles. The molecule has 4 nitrogen and oxygen atoms in total. The molecule has 0 radical (unpaired) electrons. The number of halogens is 1. The standard InChI is InChI=1S/C15H13ClN2O2/c1-19-11-5-7-12(8-6-11)20-10-13-14-4-2-3-9-18(14)15(16)17-13/h2-9H,10H2,1H3. The second-order valence-corrected chi connectivity index (χ2v) is 4.59. The number of rotatable bonds is 4. The fraction of sp³-hybridized carbons (Fsp3) is 0.133. The van der Waals surface area contributed by atoms with Crippen molar-refractivity contribution in [3.05, 3.63) is 59.6 Å². The first-order valence-corrected chi connectivity index (χ1v) is 6.54. The zero-order valence-electron chi connectivity index (χ0n) is 10.9. The average Bonchev–Trinajstić information content (AvgIpc) is 2.83. The van der Waals surface area contributed by atoms with E-state index in [-0.39, 0.29) is 0 Å². The largest absolute Gasteiger partial charge is 0.497 e. The Morgan fingerprint density at radius 1 is 1.10 bits per heavy atom. The third kappa shape index (κ3) is 2.42. The van der Waals surface area contributed by atoms with E-state index in [9.17, 15) is 0 Å². The van der Waals surface area contributed by atoms with Gasteiger partial charge in [-0.1, -0.05) is 6.07 Å². The van der Waals surface area contributed by atoms with E-state index in [4.69, 9.17) is 21.1 Å². The number of pyridine rings is 1. The van der Waals surface area contributed by atoms with Crippen molar-refractivity contribution in [2.24, 2.45) is 0 Å². The van der Waals surface area contributed by atoms with Crippen molar-refractivity contribution >= 4 is 17.1 Å². The molecule has 0 spiro atoms. The minimum atomic E-state index is 0.368. The van der Waals surface area contributed by atoms with Gasteiger partial charge in [-0.05, 0) is 48.0 Å². The lowest BCUT2D eigenvalue weighted by atomic mass is 10.3. The summed E-state index contributed by atoms with van der Waals surface area (Å²) in [5.41, 5.74) is 1.76. The highest BCUT2D eigenvalue weighted by Crippen LogP contribution is 2.21. The van der Waals surface area contributed by atoms with E-state index in [1.807, 2.05) is 53.1 Å². The van der Waals surface area contributed by atoms with Gasteiger partial charge in [0.15, 0.2) is 0 Å². The smallest absolute Gasteiger partial charge is 0.207 e. The van der Waals surface area contributed by atoms with Crippen molar-refractivity contribution in [1.29, 1.82) is 0 Å². The van der Waals surface area contributed by atoms with Crippen LogP contribution in [0.4, 0.5) is 0 Å². The summed E-state index contributed by atoms with van der Waals surface area (Å²) in [6, 6.07) is 13.3. The van der Waals surface area contributed by atoms with Crippen LogP contribution in [-0.2, 0) is 6.61 Å². The monoisotopic (exact) mass is 288 g/mol. The topological polar surface area (TPSA) is 35.8 Å². The first-order valence-electron chi connectivity index (χ1n) is 6.16. The van der Waals surface area contributed by atoms with Crippen LogP contribution in [0, 0.1) is 0 Å². The van der Waals surface area contributed by atoms with Gasteiger partial charge < -0.3 is 9.47 Å². The second kappa shape index (κ2) is 5.43. The maximum Gasteiger partial charge on any atom is 0.207 e. The highest BCUT2D eigenvalue weighted by molar-refractivity contribution is 6.28. The fourth-order valence-electron chi connectivity index (χ4n) is 1.99. The Morgan fingerprint density at radius 3 is 2.60 bits per heavy atom. The molecule has 102 valence electrons. The summed E-state index contributed by atoms with van der Waals surface area (Å²) in [7, 11) is 1.63. The molecule has 0 bridgehead atoms. The number of aromatic nitrogens is 2. The van der Waals surface area contributed by atoms with Crippen molar-refractivity contribution in [1.82, 2.24) is 9.38 Å². The lowest BCUT2D eigenvalue weighted by molar-refractivity contribution is 0.302. The van der Waals surface area contributed by atoms with Gasteiger partial charge in [0.05, 0.1) is 12.6 Å². The normalized spacial score (nSPS) is 10.7. The SMILES string of the molecule is COc1ccc(OCc2nc(Cl)n3ccccc23)cc1. The van der Waals surface area contributed by atoms with E-state index in [1.165, 1.54) is 0 Å². The number of ether oxygens (including phenoxy) is 2. The van der Waals surface area contributed by atoms with Crippen LogP contribution in [0.3, 0.4) is 0 Å². The molecule has 0 aliphatic rings. The van der Waals surface area contributed by atoms with Gasteiger partial charge in [0.1, 0.15) is 23.8 Å². The third-order valence-corrected chi connectivity index (χ3v) is 3.28. The van der Waals surface area contributed by atoms with Gasteiger partial charge in [0, 0.05) is 6.20 Å². The van der Waals surface area contributed by atoms with Crippen LogP contribution in [0.15, 0.2) is 48.7 Å². The van der Waals surface area contributed by atoms with Gasteiger partial charge in [-0.3, -0.25) is 4.40 Å². The molecule has 3 rings (SSSR count). The molecule has 0 unspecified atom stereocenters. The molecule has 0 aliphatic carbocycles. The quantitative estimate of drug-likeness (QED) is 0.736. The molecule has 0 fully saturated rings. The van der Waals surface area contributed by atoms with Gasteiger partial charge in [-0.15, -0.1) is 0 Å². The van der Waals surface area contributed by atoms with E-state index in [2.05, 4.69) is 4.98 Å². The molecular weight excluding hydrogens is 276 g/mol. The van der Waals surface area contributed by atoms with Gasteiger partial charge in [0.2, 0.25) is 5.28 Å². The van der Waals surface area contributed by atoms with Crippen molar-refractivity contribution in [3.63, 3.8) is 0 Å². The zero-order chi connectivity index (χ0) is 13.9. The molecule has 1 aromatic carbocycles. The highest BCUT2D eigenvalue weighted by atomic mass is 35.5. The number of hydrogen-bond donors (Lipinski definition) is 0. The van der Waals surface area contributed by atoms with Crippen LogP contribution in [0.5, 0.6) is 11.5 Å². The van der Waals surface area contributed by atoms with Crippen LogP contribution in [0.25, 0.3) is 5.52 Å². The molecule has 2 heterocycles. The first kappa shape index (κ1) is 12.8. The minimum Gasteiger partial charge on any atom is -0.497 e. The molecule has 2 aromatic heterocycles. The first-order chi connectivity index (χ1) is 9.78. The number of methoxy groups -OCH3 is 1. The predicted molar refractivity (Wildman–Crippen MR) is 77.5 cm³/mol. The molecule has 0 N–H and O–H groups in total. The lowest BCUT2D eigenvalue weighted by Crippen LogP contribution is -1.96. The molecule has 0 saturated carbocycles. The zero-order valence-corrected chi connectivity index (χ0v) is 11.7. The molecular formula is C15H13ClN2O2. The van der Waals surface area contributed by atoms with Crippen LogP contribution in [-0.4, -0.2) is 16.5 Å². The van der Waals surface area contributed by atoms with Gasteiger partial charge in [-0.25, -0.2) is 4.98 Å². The molecule has 0 amide bonds. The fourth-order valence-corrected chi connectivity index (χ4v) is 2.24. The van der Waals surface area contributed by atoms with Gasteiger partial charge >= 0.3 is 0 Å². The minimum absolute atomic E-state index is 0.368. The number of hydrogen-bond acceptors (Lipinski definition) is 3. The van der Waals surface area contributed by atoms with Crippen LogP contribution in [0.1, 0.15) is 5.69 Å². The van der Waals surface area contributed by atoms with Crippen molar-refractivity contribution < 1.29 is 9.47 Å². The Balaban J connectivity index is 1.79. The van der Waals surface area contributed by atoms with Gasteiger partial charge in [-0.2, -0.15) is 0 Å². The Morgan fingerprint density at radius 2 is 1.85 bits per heavy atom. The van der Waals surface area contributed by atoms with E-state index < -0.39 is 0 Å². The summed E-state index contributed by atoms with van der Waals surface area (Å²) in [5.74, 6) is 1.56. The van der Waals surface area contributed by atoms with E-state index in [1.54, 1.807) is 7.11 Å². The number of imidazole rings is 1. The number of benzene rings is 1. The summed E-state index contributed by atoms with van der Waals surface area (Å²) in [6.07, 6.45) is 1.88. The van der Waals surface area contributed by atoms with Gasteiger partial charge in [0.25, 0.3) is 0 Å². The molecule has 3 aromatic rings. The Hall–Kier alpha value is -2.20. The summed E-state index contributed by atoms with van der Waals surface area (Å²) < 4.78 is 12.7. The van der Waals surface area contributed by atoms with E-state index >= 15 is 0 Å². The third-order valence-electron chi connectivity index (χ3n) is 3.02. The summed E-state index contributed by atoms with van der Waals surface area (Å²) in [5, 5.41) is 0.439. The highest BCUT2D eigenvalue weighted by Gasteiger charge is 2.09. The summed E-state index contributed by atoms with van der Waals surface area (Å²) in [4.78, 5) is 4.32. The Bertz CT molecular complexity index is 722. The summed E-state index contributed by atoms with van der Waals surface area (Å²) in [6.45, 7) is 0.368. The lowest BCUT2D eigenvalue weighted by Gasteiger charge is -2.05. The van der Waals surface area contributed by atoms with Crippen molar-refractivity contribution in [3.8, 4) is 11.5 Å². The maximum absolute atomic E-state index is 6.08. The molecule has 0 saturated heterocycles. The van der Waals surface area contributed by atoms with Crippen LogP contribution in [0.2, 0.25) is 5.28 Å². The van der Waals surface area contributed by atoms with Crippen LogP contribution < -0.4 is 9.47 Å².